The van der Waals surface area contributed by atoms with Crippen LogP contribution in [0, 0.1) is 5.82 Å². The minimum atomic E-state index is -0.202. The van der Waals surface area contributed by atoms with Crippen LogP contribution in [0.15, 0.2) is 50.9 Å². The van der Waals surface area contributed by atoms with Gasteiger partial charge in [-0.3, -0.25) is 0 Å². The average Bonchev–Trinajstić information content (AvgIpc) is 2.44. The van der Waals surface area contributed by atoms with Crippen molar-refractivity contribution in [2.24, 2.45) is 0 Å². The van der Waals surface area contributed by atoms with Gasteiger partial charge in [-0.15, -0.1) is 0 Å². The van der Waals surface area contributed by atoms with Crippen molar-refractivity contribution in [1.82, 2.24) is 10.3 Å². The molecule has 2 aromatic rings. The van der Waals surface area contributed by atoms with E-state index >= 15 is 0 Å². The molecule has 0 unspecified atom stereocenters. The third-order valence-corrected chi connectivity index (χ3v) is 4.22. The summed E-state index contributed by atoms with van der Waals surface area (Å²) < 4.78 is 14.3. The Hall–Kier alpha value is -0.910. The van der Waals surface area contributed by atoms with Gasteiger partial charge in [-0.2, -0.15) is 0 Å². The third-order valence-electron chi connectivity index (χ3n) is 2.68. The number of hydrogen-bond donors (Lipinski definition) is 1. The normalized spacial score (nSPS) is 10.8. The predicted molar refractivity (Wildman–Crippen MR) is 84.5 cm³/mol. The first-order chi connectivity index (χ1) is 9.69. The maximum Gasteiger partial charge on any atom is 0.123 e. The predicted octanol–water partition coefficient (Wildman–Crippen LogP) is 4.63. The maximum atomic E-state index is 13.4. The van der Waals surface area contributed by atoms with E-state index in [1.165, 1.54) is 6.07 Å². The summed E-state index contributed by atoms with van der Waals surface area (Å²) in [5.41, 5.74) is 0.966. The van der Waals surface area contributed by atoms with Gasteiger partial charge in [0.15, 0.2) is 0 Å². The Balaban J connectivity index is 2.15. The fourth-order valence-electron chi connectivity index (χ4n) is 1.72. The molecule has 0 aliphatic carbocycles. The Morgan fingerprint density at radius 1 is 1.30 bits per heavy atom. The fraction of sp³-hybridized carbons (Fsp3) is 0.267. The maximum absolute atomic E-state index is 13.4. The quantitative estimate of drug-likeness (QED) is 0.765. The van der Waals surface area contributed by atoms with Crippen LogP contribution in [0.1, 0.15) is 18.9 Å². The van der Waals surface area contributed by atoms with Gasteiger partial charge < -0.3 is 5.32 Å². The molecule has 1 heterocycles. The second-order valence-corrected chi connectivity index (χ2v) is 6.32. The van der Waals surface area contributed by atoms with Crippen LogP contribution in [0.2, 0.25) is 0 Å². The van der Waals surface area contributed by atoms with Gasteiger partial charge in [0, 0.05) is 22.1 Å². The summed E-state index contributed by atoms with van der Waals surface area (Å²) in [5, 5.41) is 4.21. The summed E-state index contributed by atoms with van der Waals surface area (Å²) in [5.74, 6) is -0.202. The van der Waals surface area contributed by atoms with E-state index in [-0.39, 0.29) is 5.82 Å². The van der Waals surface area contributed by atoms with Crippen LogP contribution in [0.25, 0.3) is 0 Å². The summed E-state index contributed by atoms with van der Waals surface area (Å²) in [4.78, 5) is 5.37. The SMILES string of the molecule is CCCNCc1cc(F)ccc1Sc1ccc(Br)cn1. The number of nitrogens with zero attached hydrogens (tertiary/aromatic N) is 1. The molecular formula is C15H16BrFN2S. The van der Waals surface area contributed by atoms with Crippen molar-refractivity contribution in [1.29, 1.82) is 0 Å². The van der Waals surface area contributed by atoms with E-state index in [1.807, 2.05) is 18.2 Å². The van der Waals surface area contributed by atoms with Gasteiger partial charge in [0.05, 0.1) is 0 Å². The molecule has 0 bridgehead atoms. The van der Waals surface area contributed by atoms with Crippen molar-refractivity contribution in [2.45, 2.75) is 29.8 Å². The lowest BCUT2D eigenvalue weighted by Crippen LogP contribution is -2.14. The van der Waals surface area contributed by atoms with Crippen molar-refractivity contribution >= 4 is 27.7 Å². The number of halogens is 2. The number of rotatable bonds is 6. The molecule has 1 aromatic heterocycles. The van der Waals surface area contributed by atoms with Crippen LogP contribution in [0.5, 0.6) is 0 Å². The molecule has 0 amide bonds. The molecule has 0 aliphatic heterocycles. The molecule has 1 aromatic carbocycles. The zero-order chi connectivity index (χ0) is 14.4. The minimum absolute atomic E-state index is 0.202. The first-order valence-corrected chi connectivity index (χ1v) is 8.08. The summed E-state index contributed by atoms with van der Waals surface area (Å²) in [6, 6.07) is 8.79. The van der Waals surface area contributed by atoms with Gasteiger partial charge in [0.2, 0.25) is 0 Å². The van der Waals surface area contributed by atoms with Crippen molar-refractivity contribution < 1.29 is 4.39 Å². The van der Waals surface area contributed by atoms with Gasteiger partial charge in [-0.05, 0) is 64.8 Å². The monoisotopic (exact) mass is 354 g/mol. The van der Waals surface area contributed by atoms with Gasteiger partial charge in [0.1, 0.15) is 10.8 Å². The Kier molecular flexibility index (Phi) is 6.01. The highest BCUT2D eigenvalue weighted by Gasteiger charge is 2.07. The highest BCUT2D eigenvalue weighted by Crippen LogP contribution is 2.30. The molecular weight excluding hydrogens is 339 g/mol. The first-order valence-electron chi connectivity index (χ1n) is 6.47. The Morgan fingerprint density at radius 3 is 2.85 bits per heavy atom. The van der Waals surface area contributed by atoms with E-state index in [9.17, 15) is 4.39 Å². The highest BCUT2D eigenvalue weighted by atomic mass is 79.9. The number of benzene rings is 1. The second-order valence-electron chi connectivity index (χ2n) is 4.35. The molecule has 0 saturated carbocycles. The van der Waals surface area contributed by atoms with Crippen LogP contribution in [-0.2, 0) is 6.54 Å². The molecule has 2 nitrogen and oxygen atoms in total. The van der Waals surface area contributed by atoms with Gasteiger partial charge in [-0.25, -0.2) is 9.37 Å². The van der Waals surface area contributed by atoms with Crippen LogP contribution < -0.4 is 5.32 Å². The standard InChI is InChI=1S/C15H16BrFN2S/c1-2-7-18-9-11-8-13(17)4-5-14(11)20-15-6-3-12(16)10-19-15/h3-6,8,10,18H,2,7,9H2,1H3. The highest BCUT2D eigenvalue weighted by molar-refractivity contribution is 9.10. The van der Waals surface area contributed by atoms with Gasteiger partial charge in [-0.1, -0.05) is 18.7 Å². The Bertz CT molecular complexity index is 560. The smallest absolute Gasteiger partial charge is 0.123 e. The zero-order valence-corrected chi connectivity index (χ0v) is 13.6. The van der Waals surface area contributed by atoms with Crippen LogP contribution in [0.3, 0.4) is 0 Å². The van der Waals surface area contributed by atoms with E-state index in [1.54, 1.807) is 24.0 Å². The molecule has 0 atom stereocenters. The summed E-state index contributed by atoms with van der Waals surface area (Å²) >= 11 is 4.92. The summed E-state index contributed by atoms with van der Waals surface area (Å²) in [7, 11) is 0. The minimum Gasteiger partial charge on any atom is -0.313 e. The van der Waals surface area contributed by atoms with Crippen LogP contribution in [-0.4, -0.2) is 11.5 Å². The lowest BCUT2D eigenvalue weighted by Gasteiger charge is -2.10. The molecule has 0 aliphatic rings. The van der Waals surface area contributed by atoms with Crippen LogP contribution in [0.4, 0.5) is 4.39 Å². The van der Waals surface area contributed by atoms with E-state index in [0.717, 1.165) is 32.9 Å². The summed E-state index contributed by atoms with van der Waals surface area (Å²) in [6.45, 7) is 3.71. The number of nitrogens with one attached hydrogen (secondary N) is 1. The zero-order valence-electron chi connectivity index (χ0n) is 11.2. The Morgan fingerprint density at radius 2 is 2.15 bits per heavy atom. The molecule has 5 heteroatoms. The van der Waals surface area contributed by atoms with Crippen molar-refractivity contribution in [2.75, 3.05) is 6.54 Å². The largest absolute Gasteiger partial charge is 0.313 e. The summed E-state index contributed by atoms with van der Waals surface area (Å²) in [6.07, 6.45) is 2.83. The van der Waals surface area contributed by atoms with E-state index < -0.39 is 0 Å². The van der Waals surface area contributed by atoms with Crippen LogP contribution >= 0.6 is 27.7 Å². The lowest BCUT2D eigenvalue weighted by molar-refractivity contribution is 0.615. The lowest BCUT2D eigenvalue weighted by atomic mass is 10.2. The molecule has 20 heavy (non-hydrogen) atoms. The van der Waals surface area contributed by atoms with Crippen molar-refractivity contribution in [3.63, 3.8) is 0 Å². The molecule has 1 N–H and O–H groups in total. The van der Waals surface area contributed by atoms with E-state index in [0.29, 0.717) is 6.54 Å². The fourth-order valence-corrected chi connectivity index (χ4v) is 2.82. The van der Waals surface area contributed by atoms with Gasteiger partial charge >= 0.3 is 0 Å². The van der Waals surface area contributed by atoms with Gasteiger partial charge in [0.25, 0.3) is 0 Å². The van der Waals surface area contributed by atoms with E-state index in [4.69, 9.17) is 0 Å². The average molecular weight is 355 g/mol. The van der Waals surface area contributed by atoms with Crippen molar-refractivity contribution in [3.8, 4) is 0 Å². The molecule has 0 radical (unpaired) electrons. The third kappa shape index (κ3) is 4.58. The van der Waals surface area contributed by atoms with E-state index in [2.05, 4.69) is 33.2 Å². The molecule has 106 valence electrons. The number of hydrogen-bond acceptors (Lipinski definition) is 3. The first kappa shape index (κ1) is 15.5. The second kappa shape index (κ2) is 7.76. The van der Waals surface area contributed by atoms with Crippen molar-refractivity contribution in [3.05, 3.63) is 52.4 Å². The molecule has 0 spiro atoms. The molecule has 0 saturated heterocycles. The number of aromatic nitrogens is 1. The molecule has 2 rings (SSSR count). The molecule has 0 fully saturated rings. The topological polar surface area (TPSA) is 24.9 Å². The Labute approximate surface area is 131 Å². The number of pyridine rings is 1.